The second-order valence-electron chi connectivity index (χ2n) is 8.46. The van der Waals surface area contributed by atoms with Crippen LogP contribution in [-0.4, -0.2) is 40.4 Å². The van der Waals surface area contributed by atoms with Gasteiger partial charge in [-0.15, -0.1) is 0 Å². The highest BCUT2D eigenvalue weighted by atomic mass is 16.6. The number of aromatic nitrogens is 1. The fraction of sp³-hybridized carbons (Fsp3) is 0.417. The highest BCUT2D eigenvalue weighted by molar-refractivity contribution is 5.77. The molecule has 9 heteroatoms. The topological polar surface area (TPSA) is 102 Å². The van der Waals surface area contributed by atoms with Crippen LogP contribution < -0.4 is 10.7 Å². The van der Waals surface area contributed by atoms with Crippen molar-refractivity contribution in [2.24, 2.45) is 0 Å². The Balaban J connectivity index is 1.37. The Kier molecular flexibility index (Phi) is 6.76. The molecule has 0 saturated carbocycles. The minimum absolute atomic E-state index is 0.0000607. The number of nitro benzene ring substituents is 1. The maximum absolute atomic E-state index is 12.8. The summed E-state index contributed by atoms with van der Waals surface area (Å²) in [5.74, 6) is -0.582. The summed E-state index contributed by atoms with van der Waals surface area (Å²) in [6.07, 6.45) is 4.40. The van der Waals surface area contributed by atoms with Gasteiger partial charge in [-0.1, -0.05) is 18.2 Å². The van der Waals surface area contributed by atoms with E-state index in [4.69, 9.17) is 4.42 Å². The Morgan fingerprint density at radius 1 is 1.15 bits per heavy atom. The number of anilines is 1. The molecule has 9 nitrogen and oxygen atoms in total. The molecule has 1 amide bonds. The quantitative estimate of drug-likeness (QED) is 0.379. The largest absolute Gasteiger partial charge is 0.419 e. The zero-order valence-electron chi connectivity index (χ0n) is 18.7. The van der Waals surface area contributed by atoms with Crippen LogP contribution in [0.2, 0.25) is 0 Å². The third-order valence-corrected chi connectivity index (χ3v) is 6.16. The summed E-state index contributed by atoms with van der Waals surface area (Å²) < 4.78 is 6.56. The standard InChI is InChI=1S/C24H28N4O5/c1-25(17-18-8-3-4-9-20(18)26-13-5-2-6-14-26)23(29)10-7-15-27-21-12-11-19(28(31)32)16-22(21)33-24(27)30/h3-4,8-9,11-12,16H,2,5-7,10,13-15,17H2,1H3. The molecule has 1 aromatic heterocycles. The molecule has 4 rings (SSSR count). The van der Waals surface area contributed by atoms with Gasteiger partial charge in [0.25, 0.3) is 5.69 Å². The fourth-order valence-corrected chi connectivity index (χ4v) is 4.39. The van der Waals surface area contributed by atoms with E-state index in [0.29, 0.717) is 25.0 Å². The molecule has 3 aromatic rings. The maximum Gasteiger partial charge on any atom is 0.419 e. The number of carbonyl (C=O) groups excluding carboxylic acids is 1. The van der Waals surface area contributed by atoms with Crippen molar-refractivity contribution in [3.8, 4) is 0 Å². The van der Waals surface area contributed by atoms with Crippen LogP contribution in [0.15, 0.2) is 51.7 Å². The molecule has 0 atom stereocenters. The third kappa shape index (κ3) is 5.08. The lowest BCUT2D eigenvalue weighted by Crippen LogP contribution is -2.32. The third-order valence-electron chi connectivity index (χ3n) is 6.16. The van der Waals surface area contributed by atoms with Gasteiger partial charge in [0.15, 0.2) is 5.58 Å². The lowest BCUT2D eigenvalue weighted by molar-refractivity contribution is -0.384. The van der Waals surface area contributed by atoms with Crippen molar-refractivity contribution in [1.29, 1.82) is 0 Å². The molecule has 0 unspecified atom stereocenters. The summed E-state index contributed by atoms with van der Waals surface area (Å²) in [7, 11) is 1.80. The lowest BCUT2D eigenvalue weighted by atomic mass is 10.1. The van der Waals surface area contributed by atoms with Gasteiger partial charge in [-0.05, 0) is 43.4 Å². The zero-order valence-corrected chi connectivity index (χ0v) is 18.7. The molecule has 0 aliphatic carbocycles. The van der Waals surface area contributed by atoms with Gasteiger partial charge in [0, 0.05) is 51.4 Å². The van der Waals surface area contributed by atoms with E-state index in [1.54, 1.807) is 11.9 Å². The Hall–Kier alpha value is -3.62. The number of piperidine rings is 1. The summed E-state index contributed by atoms with van der Waals surface area (Å²) >= 11 is 0. The van der Waals surface area contributed by atoms with E-state index in [2.05, 4.69) is 17.0 Å². The fourth-order valence-electron chi connectivity index (χ4n) is 4.39. The summed E-state index contributed by atoms with van der Waals surface area (Å²) in [6, 6.07) is 12.3. The van der Waals surface area contributed by atoms with E-state index in [-0.39, 0.29) is 23.6 Å². The number of carbonyl (C=O) groups is 1. The molecule has 1 fully saturated rings. The summed E-state index contributed by atoms with van der Waals surface area (Å²) in [5, 5.41) is 10.9. The highest BCUT2D eigenvalue weighted by Crippen LogP contribution is 2.25. The van der Waals surface area contributed by atoms with Crippen molar-refractivity contribution < 1.29 is 14.1 Å². The zero-order chi connectivity index (χ0) is 23.4. The average molecular weight is 453 g/mol. The van der Waals surface area contributed by atoms with E-state index in [1.165, 1.54) is 47.7 Å². The van der Waals surface area contributed by atoms with Crippen molar-refractivity contribution in [3.05, 3.63) is 68.7 Å². The number of rotatable bonds is 8. The molecule has 174 valence electrons. The first-order valence-corrected chi connectivity index (χ1v) is 11.3. The van der Waals surface area contributed by atoms with Gasteiger partial charge >= 0.3 is 5.76 Å². The highest BCUT2D eigenvalue weighted by Gasteiger charge is 2.18. The van der Waals surface area contributed by atoms with E-state index >= 15 is 0 Å². The minimum Gasteiger partial charge on any atom is -0.407 e. The molecule has 2 heterocycles. The Morgan fingerprint density at radius 3 is 2.67 bits per heavy atom. The SMILES string of the molecule is CN(Cc1ccccc1N1CCCCC1)C(=O)CCCn1c(=O)oc2cc([N+](=O)[O-])ccc21. The minimum atomic E-state index is -0.582. The number of fused-ring (bicyclic) bond motifs is 1. The molecule has 0 N–H and O–H groups in total. The van der Waals surface area contributed by atoms with Crippen molar-refractivity contribution in [2.75, 3.05) is 25.0 Å². The Labute approximate surface area is 191 Å². The van der Waals surface area contributed by atoms with Gasteiger partial charge < -0.3 is 14.2 Å². The lowest BCUT2D eigenvalue weighted by Gasteiger charge is -2.31. The number of nitrogens with zero attached hydrogens (tertiary/aromatic N) is 4. The average Bonchev–Trinajstić information content (AvgIpc) is 3.14. The molecule has 1 aliphatic rings. The normalized spacial score (nSPS) is 13.9. The van der Waals surface area contributed by atoms with Crippen LogP contribution in [0.3, 0.4) is 0 Å². The Morgan fingerprint density at radius 2 is 1.91 bits per heavy atom. The molecular formula is C24H28N4O5. The van der Waals surface area contributed by atoms with Crippen molar-refractivity contribution in [2.45, 2.75) is 45.2 Å². The molecular weight excluding hydrogens is 424 g/mol. The van der Waals surface area contributed by atoms with Gasteiger partial charge in [-0.2, -0.15) is 0 Å². The molecule has 1 aliphatic heterocycles. The number of aryl methyl sites for hydroxylation is 1. The molecule has 0 spiro atoms. The number of hydrogen-bond donors (Lipinski definition) is 0. The maximum atomic E-state index is 12.8. The van der Waals surface area contributed by atoms with Crippen LogP contribution in [0.4, 0.5) is 11.4 Å². The summed E-state index contributed by atoms with van der Waals surface area (Å²) in [5.41, 5.74) is 2.86. The van der Waals surface area contributed by atoms with Crippen LogP contribution in [0.1, 0.15) is 37.7 Å². The van der Waals surface area contributed by atoms with Crippen molar-refractivity contribution in [1.82, 2.24) is 9.47 Å². The van der Waals surface area contributed by atoms with Crippen molar-refractivity contribution in [3.63, 3.8) is 0 Å². The second kappa shape index (κ2) is 9.89. The van der Waals surface area contributed by atoms with Gasteiger partial charge in [-0.25, -0.2) is 4.79 Å². The number of nitro groups is 1. The van der Waals surface area contributed by atoms with Crippen LogP contribution in [0.25, 0.3) is 11.1 Å². The van der Waals surface area contributed by atoms with Gasteiger partial charge in [-0.3, -0.25) is 19.5 Å². The van der Waals surface area contributed by atoms with Crippen LogP contribution in [0, 0.1) is 10.1 Å². The van der Waals surface area contributed by atoms with E-state index in [1.807, 2.05) is 12.1 Å². The molecule has 0 bridgehead atoms. The first kappa shape index (κ1) is 22.6. The van der Waals surface area contributed by atoms with Crippen LogP contribution in [-0.2, 0) is 17.9 Å². The number of para-hydroxylation sites is 1. The molecule has 33 heavy (non-hydrogen) atoms. The summed E-state index contributed by atoms with van der Waals surface area (Å²) in [4.78, 5) is 39.5. The molecule has 0 radical (unpaired) electrons. The summed E-state index contributed by atoms with van der Waals surface area (Å²) in [6.45, 7) is 2.92. The first-order chi connectivity index (χ1) is 15.9. The second-order valence-corrected chi connectivity index (χ2v) is 8.46. The number of non-ortho nitro benzene ring substituents is 1. The molecule has 1 saturated heterocycles. The number of benzene rings is 2. The van der Waals surface area contributed by atoms with E-state index in [9.17, 15) is 19.7 Å². The number of hydrogen-bond acceptors (Lipinski definition) is 6. The van der Waals surface area contributed by atoms with Crippen LogP contribution >= 0.6 is 0 Å². The van der Waals surface area contributed by atoms with Crippen LogP contribution in [0.5, 0.6) is 0 Å². The van der Waals surface area contributed by atoms with E-state index < -0.39 is 10.7 Å². The number of oxazole rings is 1. The van der Waals surface area contributed by atoms with Gasteiger partial charge in [0.1, 0.15) is 0 Å². The van der Waals surface area contributed by atoms with E-state index in [0.717, 1.165) is 18.7 Å². The number of amides is 1. The Bertz CT molecular complexity index is 1210. The van der Waals surface area contributed by atoms with Gasteiger partial charge in [0.2, 0.25) is 5.91 Å². The smallest absolute Gasteiger partial charge is 0.407 e. The predicted molar refractivity (Wildman–Crippen MR) is 125 cm³/mol. The van der Waals surface area contributed by atoms with Gasteiger partial charge in [0.05, 0.1) is 16.5 Å². The first-order valence-electron chi connectivity index (χ1n) is 11.3. The predicted octanol–water partition coefficient (Wildman–Crippen LogP) is 3.93. The molecule has 2 aromatic carbocycles. The van der Waals surface area contributed by atoms with Crippen molar-refractivity contribution >= 4 is 28.4 Å². The monoisotopic (exact) mass is 452 g/mol.